The monoisotopic (exact) mass is 704 g/mol. The third-order valence-electron chi connectivity index (χ3n) is 8.62. The Morgan fingerprint density at radius 3 is 1.98 bits per heavy atom. The van der Waals surface area contributed by atoms with Crippen molar-refractivity contribution in [2.24, 2.45) is 11.8 Å². The van der Waals surface area contributed by atoms with Gasteiger partial charge in [0.05, 0.1) is 30.7 Å². The largest absolute Gasteiger partial charge is 0.453 e. The molecule has 0 unspecified atom stereocenters. The number of sulfonamides is 1. The first-order valence-corrected chi connectivity index (χ1v) is 18.6. The summed E-state index contributed by atoms with van der Waals surface area (Å²) in [4.78, 5) is 28.6. The molecule has 0 aliphatic heterocycles. The average Bonchev–Trinajstić information content (AvgIpc) is 3.83. The third kappa shape index (κ3) is 8.69. The van der Waals surface area contributed by atoms with Crippen LogP contribution in [-0.2, 0) is 19.6 Å². The smallest absolute Gasteiger partial charge is 0.407 e. The number of thiophene rings is 1. The molecule has 49 heavy (non-hydrogen) atoms. The Kier molecular flexibility index (Phi) is 11.8. The van der Waals surface area contributed by atoms with Crippen molar-refractivity contribution in [3.05, 3.63) is 118 Å². The van der Waals surface area contributed by atoms with Gasteiger partial charge >= 0.3 is 6.09 Å². The number of aliphatic hydroxyl groups excluding tert-OH is 1. The number of rotatable bonds is 15. The van der Waals surface area contributed by atoms with Crippen molar-refractivity contribution in [3.8, 4) is 0 Å². The van der Waals surface area contributed by atoms with Crippen LogP contribution in [0.25, 0.3) is 0 Å². The highest BCUT2D eigenvalue weighted by Crippen LogP contribution is 2.45. The molecular formula is C37H44N4O6S2. The molecule has 1 heterocycles. The highest BCUT2D eigenvalue weighted by Gasteiger charge is 2.40. The number of anilines is 1. The zero-order chi connectivity index (χ0) is 35.1. The van der Waals surface area contributed by atoms with Gasteiger partial charge in [0.25, 0.3) is 0 Å². The lowest BCUT2D eigenvalue weighted by atomic mass is 9.84. The molecule has 5 N–H and O–H groups in total. The van der Waals surface area contributed by atoms with Gasteiger partial charge in [-0.1, -0.05) is 74.5 Å². The van der Waals surface area contributed by atoms with Gasteiger partial charge in [-0.05, 0) is 72.2 Å². The van der Waals surface area contributed by atoms with Crippen LogP contribution in [-0.4, -0.2) is 56.1 Å². The van der Waals surface area contributed by atoms with Gasteiger partial charge in [0, 0.05) is 27.9 Å². The average molecular weight is 705 g/mol. The Bertz CT molecular complexity index is 1760. The lowest BCUT2D eigenvalue weighted by molar-refractivity contribution is -0.124. The minimum atomic E-state index is -3.99. The van der Waals surface area contributed by atoms with E-state index in [1.165, 1.54) is 34.9 Å². The van der Waals surface area contributed by atoms with Crippen molar-refractivity contribution in [3.63, 3.8) is 0 Å². The van der Waals surface area contributed by atoms with Gasteiger partial charge < -0.3 is 26.2 Å². The van der Waals surface area contributed by atoms with Gasteiger partial charge in [-0.15, -0.1) is 11.3 Å². The number of nitrogens with zero attached hydrogens (tertiary/aromatic N) is 1. The minimum absolute atomic E-state index is 0.0167. The van der Waals surface area contributed by atoms with E-state index in [9.17, 15) is 23.1 Å². The number of benzene rings is 3. The second kappa shape index (κ2) is 16.0. The summed E-state index contributed by atoms with van der Waals surface area (Å²) in [6, 6.07) is 26.6. The number of alkyl carbamates (subject to hydrolysis) is 1. The van der Waals surface area contributed by atoms with Crippen LogP contribution in [0.4, 0.5) is 10.5 Å². The number of nitrogen functional groups attached to an aromatic ring is 1. The third-order valence-corrected chi connectivity index (χ3v) is 11.8. The van der Waals surface area contributed by atoms with Crippen molar-refractivity contribution in [2.75, 3.05) is 26.0 Å². The Labute approximate surface area is 292 Å². The number of ether oxygens (including phenoxy) is 1. The molecule has 1 aliphatic rings. The summed E-state index contributed by atoms with van der Waals surface area (Å²) in [5, 5.41) is 16.7. The lowest BCUT2D eigenvalue weighted by Gasteiger charge is -2.31. The normalized spacial score (nSPS) is 15.2. The molecule has 0 radical (unpaired) electrons. The molecule has 1 aromatic heterocycles. The molecule has 3 aromatic carbocycles. The summed E-state index contributed by atoms with van der Waals surface area (Å²) < 4.78 is 34.1. The number of nitrogens with two attached hydrogens (primary N) is 1. The first-order valence-electron chi connectivity index (χ1n) is 16.4. The summed E-state index contributed by atoms with van der Waals surface area (Å²) >= 11 is 1.37. The molecule has 260 valence electrons. The minimum Gasteiger partial charge on any atom is -0.453 e. The fourth-order valence-electron chi connectivity index (χ4n) is 6.04. The Hall–Kier alpha value is -4.23. The molecular weight excluding hydrogens is 661 g/mol. The maximum absolute atomic E-state index is 14.3. The van der Waals surface area contributed by atoms with Crippen LogP contribution >= 0.6 is 11.3 Å². The molecule has 0 spiro atoms. The summed E-state index contributed by atoms with van der Waals surface area (Å²) in [5.41, 5.74) is 7.97. The van der Waals surface area contributed by atoms with Crippen LogP contribution in [0.3, 0.4) is 0 Å². The predicted octanol–water partition coefficient (Wildman–Crippen LogP) is 5.83. The van der Waals surface area contributed by atoms with E-state index in [2.05, 4.69) is 10.6 Å². The zero-order valence-corrected chi connectivity index (χ0v) is 29.5. The van der Waals surface area contributed by atoms with E-state index in [4.69, 9.17) is 10.5 Å². The molecule has 1 aliphatic carbocycles. The lowest BCUT2D eigenvalue weighted by Crippen LogP contribution is -2.51. The maximum Gasteiger partial charge on any atom is 0.407 e. The van der Waals surface area contributed by atoms with Crippen molar-refractivity contribution in [2.45, 2.75) is 55.6 Å². The molecule has 0 bridgehead atoms. The van der Waals surface area contributed by atoms with E-state index < -0.39 is 40.7 Å². The van der Waals surface area contributed by atoms with E-state index in [1.54, 1.807) is 12.1 Å². The molecule has 4 aromatic rings. The van der Waals surface area contributed by atoms with Crippen LogP contribution in [0.15, 0.2) is 102 Å². The molecule has 10 nitrogen and oxygen atoms in total. The van der Waals surface area contributed by atoms with E-state index in [0.29, 0.717) is 10.6 Å². The van der Waals surface area contributed by atoms with Crippen molar-refractivity contribution in [1.29, 1.82) is 0 Å². The van der Waals surface area contributed by atoms with Crippen LogP contribution in [0, 0.1) is 11.8 Å². The summed E-state index contributed by atoms with van der Waals surface area (Å²) in [5.74, 6) is -0.737. The second-order valence-corrected chi connectivity index (χ2v) is 15.7. The van der Waals surface area contributed by atoms with Gasteiger partial charge in [0.1, 0.15) is 6.04 Å². The molecule has 5 rings (SSSR count). The number of nitrogens with one attached hydrogen (secondary N) is 2. The standard InChI is InChI=1S/C37H44N4O6S2/c1-24(2)22-41(49(45,46)29-18-16-28(38)17-19-29)30(23-42)31-20-21-32(48-31)34(27-14-15-27)39-36(43)35(40-37(44)47-3)33(25-10-6-4-7-11-25)26-12-8-5-9-13-26/h4-13,16-21,24,27,30,33-35,42H,14-15,22-23,38H2,1-3H3,(H,39,43)(H,40,44)/t30-,34+,35+/m1/s1. The summed E-state index contributed by atoms with van der Waals surface area (Å²) in [7, 11) is -2.73. The first kappa shape index (κ1) is 36.1. The second-order valence-electron chi connectivity index (χ2n) is 12.7. The first-order chi connectivity index (χ1) is 23.5. The van der Waals surface area contributed by atoms with E-state index in [-0.39, 0.29) is 35.2 Å². The number of carbonyl (C=O) groups excluding carboxylic acids is 2. The van der Waals surface area contributed by atoms with Gasteiger partial charge in [-0.25, -0.2) is 13.2 Å². The van der Waals surface area contributed by atoms with Gasteiger partial charge in [0.15, 0.2) is 0 Å². The van der Waals surface area contributed by atoms with E-state index in [1.807, 2.05) is 86.6 Å². The van der Waals surface area contributed by atoms with Crippen LogP contribution in [0.1, 0.15) is 65.6 Å². The summed E-state index contributed by atoms with van der Waals surface area (Å²) in [6.45, 7) is 3.61. The summed E-state index contributed by atoms with van der Waals surface area (Å²) in [6.07, 6.45) is 1.09. The number of methoxy groups -OCH3 is 1. The van der Waals surface area contributed by atoms with E-state index in [0.717, 1.165) is 28.8 Å². The van der Waals surface area contributed by atoms with Crippen molar-refractivity contribution >= 4 is 39.0 Å². The SMILES string of the molecule is COC(=O)N[C@H](C(=O)N[C@H](c1ccc([C@@H](CO)N(CC(C)C)S(=O)(=O)c2ccc(N)cc2)s1)C1CC1)C(c1ccccc1)c1ccccc1. The highest BCUT2D eigenvalue weighted by molar-refractivity contribution is 7.89. The number of hydrogen-bond donors (Lipinski definition) is 4. The van der Waals surface area contributed by atoms with Gasteiger partial charge in [0.2, 0.25) is 15.9 Å². The van der Waals surface area contributed by atoms with Gasteiger partial charge in [-0.3, -0.25) is 4.79 Å². The maximum atomic E-state index is 14.3. The Morgan fingerprint density at radius 2 is 1.47 bits per heavy atom. The number of hydrogen-bond acceptors (Lipinski definition) is 8. The van der Waals surface area contributed by atoms with E-state index >= 15 is 0 Å². The quantitative estimate of drug-likeness (QED) is 0.114. The number of carbonyl (C=O) groups is 2. The zero-order valence-electron chi connectivity index (χ0n) is 27.9. The molecule has 1 saturated carbocycles. The molecule has 2 amide bonds. The highest BCUT2D eigenvalue weighted by atomic mass is 32.2. The number of aliphatic hydroxyl groups is 1. The van der Waals surface area contributed by atoms with Crippen LogP contribution in [0.5, 0.6) is 0 Å². The molecule has 0 saturated heterocycles. The topological polar surface area (TPSA) is 151 Å². The molecule has 1 fully saturated rings. The Morgan fingerprint density at radius 1 is 0.898 bits per heavy atom. The number of amides is 2. The fourth-order valence-corrected chi connectivity index (χ4v) is 9.13. The molecule has 3 atom stereocenters. The fraction of sp³-hybridized carbons (Fsp3) is 0.351. The Balaban J connectivity index is 1.47. The van der Waals surface area contributed by atoms with Gasteiger partial charge in [-0.2, -0.15) is 4.31 Å². The van der Waals surface area contributed by atoms with Crippen LogP contribution in [0.2, 0.25) is 0 Å². The molecule has 12 heteroatoms. The van der Waals surface area contributed by atoms with Crippen molar-refractivity contribution < 1.29 is 27.9 Å². The van der Waals surface area contributed by atoms with Crippen molar-refractivity contribution in [1.82, 2.24) is 14.9 Å². The van der Waals surface area contributed by atoms with Crippen LogP contribution < -0.4 is 16.4 Å². The predicted molar refractivity (Wildman–Crippen MR) is 191 cm³/mol.